The molecule has 0 atom stereocenters. The van der Waals surface area contributed by atoms with E-state index in [1.807, 2.05) is 12.1 Å². The first-order valence-electron chi connectivity index (χ1n) is 5.80. The van der Waals surface area contributed by atoms with E-state index in [9.17, 15) is 18.3 Å². The number of rotatable bonds is 5. The van der Waals surface area contributed by atoms with E-state index < -0.39 is 15.8 Å². The van der Waals surface area contributed by atoms with Crippen molar-refractivity contribution in [3.8, 4) is 0 Å². The summed E-state index contributed by atoms with van der Waals surface area (Å²) in [7, 11) is -3.07. The van der Waals surface area contributed by atoms with Crippen LogP contribution in [0.1, 0.15) is 10.4 Å². The van der Waals surface area contributed by atoms with Crippen molar-refractivity contribution in [3.05, 3.63) is 35.9 Å². The van der Waals surface area contributed by atoms with E-state index in [4.69, 9.17) is 0 Å². The van der Waals surface area contributed by atoms with Gasteiger partial charge in [-0.2, -0.15) is 0 Å². The first-order valence-corrected chi connectivity index (χ1v) is 8.85. The molecule has 1 aromatic heterocycles. The Hall–Kier alpha value is -1.60. The molecule has 1 aromatic carbocycles. The smallest absolute Gasteiger partial charge is 0.338 e. The molecule has 0 aliphatic rings. The summed E-state index contributed by atoms with van der Waals surface area (Å²) < 4.78 is 22.2. The normalized spacial score (nSPS) is 11.7. The van der Waals surface area contributed by atoms with E-state index in [0.29, 0.717) is 10.5 Å². The highest BCUT2D eigenvalue weighted by Crippen LogP contribution is 2.25. The van der Waals surface area contributed by atoms with Crippen molar-refractivity contribution in [1.29, 1.82) is 0 Å². The number of aromatic nitrogens is 1. The zero-order chi connectivity index (χ0) is 14.8. The Balaban J connectivity index is 2.34. The first kappa shape index (κ1) is 14.8. The molecule has 0 aliphatic heterocycles. The monoisotopic (exact) mass is 311 g/mol. The van der Waals surface area contributed by atoms with Gasteiger partial charge in [-0.15, -0.1) is 11.8 Å². The Bertz CT molecular complexity index is 756. The van der Waals surface area contributed by atoms with Crippen molar-refractivity contribution in [2.24, 2.45) is 0 Å². The largest absolute Gasteiger partial charge is 0.478 e. The van der Waals surface area contributed by atoms with Gasteiger partial charge in [0.25, 0.3) is 0 Å². The van der Waals surface area contributed by atoms with Crippen LogP contribution < -0.4 is 0 Å². The number of carbonyl (C=O) groups is 1. The fourth-order valence-electron chi connectivity index (χ4n) is 1.65. The van der Waals surface area contributed by atoms with Crippen molar-refractivity contribution in [2.45, 2.75) is 5.03 Å². The Kier molecular flexibility index (Phi) is 4.29. The van der Waals surface area contributed by atoms with Crippen LogP contribution in [0.5, 0.6) is 0 Å². The third kappa shape index (κ3) is 3.71. The summed E-state index contributed by atoms with van der Waals surface area (Å²) in [6.07, 6.45) is 1.15. The zero-order valence-electron chi connectivity index (χ0n) is 10.7. The van der Waals surface area contributed by atoms with E-state index in [0.717, 1.165) is 23.4 Å². The van der Waals surface area contributed by atoms with Gasteiger partial charge < -0.3 is 5.11 Å². The van der Waals surface area contributed by atoms with E-state index >= 15 is 0 Å². The lowest BCUT2D eigenvalue weighted by atomic mass is 10.1. The molecule has 0 spiro atoms. The van der Waals surface area contributed by atoms with Crippen LogP contribution in [0.4, 0.5) is 0 Å². The molecular formula is C13H13NO4S2. The van der Waals surface area contributed by atoms with Crippen molar-refractivity contribution in [1.82, 2.24) is 4.98 Å². The summed E-state index contributed by atoms with van der Waals surface area (Å²) in [4.78, 5) is 15.6. The van der Waals surface area contributed by atoms with Crippen molar-refractivity contribution >= 4 is 38.5 Å². The second kappa shape index (κ2) is 5.80. The van der Waals surface area contributed by atoms with Gasteiger partial charge in [-0.05, 0) is 12.1 Å². The zero-order valence-corrected chi connectivity index (χ0v) is 12.4. The number of hydrogen-bond donors (Lipinski definition) is 1. The summed E-state index contributed by atoms with van der Waals surface area (Å²) >= 11 is 1.15. The maximum absolute atomic E-state index is 11.3. The molecule has 20 heavy (non-hydrogen) atoms. The molecule has 0 fully saturated rings. The average Bonchev–Trinajstić information content (AvgIpc) is 2.36. The van der Waals surface area contributed by atoms with Crippen LogP contribution in [0.15, 0.2) is 35.4 Å². The lowest BCUT2D eigenvalue weighted by Crippen LogP contribution is -2.07. The number of aromatic carboxylic acids is 1. The van der Waals surface area contributed by atoms with Gasteiger partial charge in [-0.3, -0.25) is 0 Å². The molecule has 2 rings (SSSR count). The first-order chi connectivity index (χ1) is 9.37. The molecule has 0 amide bonds. The third-order valence-electron chi connectivity index (χ3n) is 2.61. The molecule has 0 saturated carbocycles. The SMILES string of the molecule is CS(=O)(=O)CCSc1nc2ccccc2cc1C(=O)O. The Morgan fingerprint density at radius 1 is 1.35 bits per heavy atom. The molecular weight excluding hydrogens is 298 g/mol. The predicted molar refractivity (Wildman–Crippen MR) is 79.1 cm³/mol. The predicted octanol–water partition coefficient (Wildman–Crippen LogP) is 2.07. The van der Waals surface area contributed by atoms with Gasteiger partial charge >= 0.3 is 5.97 Å². The molecule has 1 N–H and O–H groups in total. The number of fused-ring (bicyclic) bond motifs is 1. The molecule has 0 aliphatic carbocycles. The van der Waals surface area contributed by atoms with Crippen LogP contribution in [-0.4, -0.2) is 42.2 Å². The summed E-state index contributed by atoms with van der Waals surface area (Å²) in [5.41, 5.74) is 0.793. The van der Waals surface area contributed by atoms with Crippen LogP contribution >= 0.6 is 11.8 Å². The molecule has 0 unspecified atom stereocenters. The fourth-order valence-corrected chi connectivity index (χ4v) is 3.85. The Morgan fingerprint density at radius 3 is 2.70 bits per heavy atom. The van der Waals surface area contributed by atoms with Gasteiger partial charge in [-0.1, -0.05) is 18.2 Å². The van der Waals surface area contributed by atoms with E-state index in [-0.39, 0.29) is 17.1 Å². The maximum Gasteiger partial charge on any atom is 0.338 e. The standard InChI is InChI=1S/C13H13NO4S2/c1-20(17,18)7-6-19-12-10(13(15)16)8-9-4-2-3-5-11(9)14-12/h2-5,8H,6-7H2,1H3,(H,15,16). The highest BCUT2D eigenvalue weighted by atomic mass is 32.2. The van der Waals surface area contributed by atoms with Gasteiger partial charge in [0.05, 0.1) is 16.8 Å². The summed E-state index contributed by atoms with van der Waals surface area (Å²) in [6, 6.07) is 8.78. The number of sulfone groups is 1. The van der Waals surface area contributed by atoms with Crippen LogP contribution in [0.25, 0.3) is 10.9 Å². The molecule has 2 aromatic rings. The molecule has 0 radical (unpaired) electrons. The third-order valence-corrected chi connectivity index (χ3v) is 4.81. The number of para-hydroxylation sites is 1. The van der Waals surface area contributed by atoms with Gasteiger partial charge in [0.1, 0.15) is 14.9 Å². The molecule has 5 nitrogen and oxygen atoms in total. The molecule has 0 saturated heterocycles. The quantitative estimate of drug-likeness (QED) is 0.851. The lowest BCUT2D eigenvalue weighted by molar-refractivity contribution is 0.0692. The van der Waals surface area contributed by atoms with Crippen molar-refractivity contribution in [2.75, 3.05) is 17.8 Å². The Morgan fingerprint density at radius 2 is 2.05 bits per heavy atom. The maximum atomic E-state index is 11.3. The van der Waals surface area contributed by atoms with Gasteiger partial charge in [0.2, 0.25) is 0 Å². The number of nitrogens with zero attached hydrogens (tertiary/aromatic N) is 1. The average molecular weight is 311 g/mol. The van der Waals surface area contributed by atoms with Crippen LogP contribution in [-0.2, 0) is 9.84 Å². The summed E-state index contributed by atoms with van der Waals surface area (Å²) in [5, 5.41) is 10.3. The number of thioether (sulfide) groups is 1. The number of carboxylic acids is 1. The van der Waals surface area contributed by atoms with Gasteiger partial charge in [-0.25, -0.2) is 18.2 Å². The molecule has 7 heteroatoms. The van der Waals surface area contributed by atoms with Crippen molar-refractivity contribution in [3.63, 3.8) is 0 Å². The summed E-state index contributed by atoms with van der Waals surface area (Å²) in [6.45, 7) is 0. The van der Waals surface area contributed by atoms with Gasteiger partial charge in [0.15, 0.2) is 0 Å². The minimum absolute atomic E-state index is 0.00870. The number of benzene rings is 1. The van der Waals surface area contributed by atoms with E-state index in [1.54, 1.807) is 18.2 Å². The summed E-state index contributed by atoms with van der Waals surface area (Å²) in [5.74, 6) is -0.791. The second-order valence-corrected chi connectivity index (χ2v) is 7.66. The molecule has 1 heterocycles. The Labute approximate surface area is 120 Å². The van der Waals surface area contributed by atoms with E-state index in [2.05, 4.69) is 4.98 Å². The topological polar surface area (TPSA) is 84.3 Å². The van der Waals surface area contributed by atoms with Crippen LogP contribution in [0, 0.1) is 0 Å². The number of hydrogen-bond acceptors (Lipinski definition) is 5. The van der Waals surface area contributed by atoms with Gasteiger partial charge in [0, 0.05) is 17.4 Å². The van der Waals surface area contributed by atoms with E-state index in [1.165, 1.54) is 0 Å². The van der Waals surface area contributed by atoms with Crippen molar-refractivity contribution < 1.29 is 18.3 Å². The fraction of sp³-hybridized carbons (Fsp3) is 0.231. The number of pyridine rings is 1. The highest BCUT2D eigenvalue weighted by molar-refractivity contribution is 8.00. The minimum atomic E-state index is -3.07. The minimum Gasteiger partial charge on any atom is -0.478 e. The van der Waals surface area contributed by atoms with Crippen LogP contribution in [0.2, 0.25) is 0 Å². The van der Waals surface area contributed by atoms with Crippen LogP contribution in [0.3, 0.4) is 0 Å². The number of carboxylic acid groups (broad SMARTS) is 1. The molecule has 106 valence electrons. The highest BCUT2D eigenvalue weighted by Gasteiger charge is 2.14. The molecule has 0 bridgehead atoms. The lowest BCUT2D eigenvalue weighted by Gasteiger charge is -2.07. The second-order valence-electron chi connectivity index (χ2n) is 4.32.